The van der Waals surface area contributed by atoms with Crippen LogP contribution in [0.25, 0.3) is 0 Å². The largest absolute Gasteiger partial charge is 0.490 e. The molecule has 1 aromatic heterocycles. The number of carbonyl (C=O) groups excluding carboxylic acids is 1. The van der Waals surface area contributed by atoms with Crippen molar-refractivity contribution in [2.45, 2.75) is 31.7 Å². The Labute approximate surface area is 158 Å². The first-order chi connectivity index (χ1) is 13.2. The maximum absolute atomic E-state index is 13.7. The minimum absolute atomic E-state index is 0.0300. The van der Waals surface area contributed by atoms with Crippen LogP contribution in [0.1, 0.15) is 36.0 Å². The normalized spacial score (nSPS) is 19.6. The number of hydrogen-bond donors (Lipinski definition) is 1. The molecule has 1 saturated heterocycles. The van der Waals surface area contributed by atoms with Crippen LogP contribution in [-0.4, -0.2) is 36.6 Å². The van der Waals surface area contributed by atoms with Gasteiger partial charge in [0.25, 0.3) is 5.91 Å². The number of carbonyl (C=O) groups is 1. The smallest absolute Gasteiger partial charge is 0.251 e. The number of pyridine rings is 1. The number of halogens is 1. The van der Waals surface area contributed by atoms with Crippen molar-refractivity contribution in [3.63, 3.8) is 0 Å². The zero-order chi connectivity index (χ0) is 18.6. The summed E-state index contributed by atoms with van der Waals surface area (Å²) in [6.45, 7) is 2.16. The SMILES string of the molecule is O=C(NC1CC1)c1ccnc(N2CCC[C@@H](COc3ccccc3F)C2)c1. The van der Waals surface area contributed by atoms with Crippen LogP contribution in [0.2, 0.25) is 0 Å². The Balaban J connectivity index is 1.37. The molecule has 1 atom stereocenters. The van der Waals surface area contributed by atoms with Gasteiger partial charge in [0.1, 0.15) is 5.82 Å². The molecule has 0 spiro atoms. The highest BCUT2D eigenvalue weighted by Crippen LogP contribution is 2.25. The van der Waals surface area contributed by atoms with E-state index in [2.05, 4.69) is 15.2 Å². The lowest BCUT2D eigenvalue weighted by Gasteiger charge is -2.33. The fraction of sp³-hybridized carbons (Fsp3) is 0.429. The number of hydrogen-bond acceptors (Lipinski definition) is 4. The summed E-state index contributed by atoms with van der Waals surface area (Å²) in [5.74, 6) is 1.04. The highest BCUT2D eigenvalue weighted by atomic mass is 19.1. The summed E-state index contributed by atoms with van der Waals surface area (Å²) in [7, 11) is 0. The number of aromatic nitrogens is 1. The van der Waals surface area contributed by atoms with Gasteiger partial charge in [-0.05, 0) is 49.9 Å². The quantitative estimate of drug-likeness (QED) is 0.848. The van der Waals surface area contributed by atoms with Crippen LogP contribution in [0.15, 0.2) is 42.6 Å². The lowest BCUT2D eigenvalue weighted by molar-refractivity contribution is 0.0951. The maximum atomic E-state index is 13.7. The molecule has 1 aliphatic heterocycles. The van der Waals surface area contributed by atoms with Crippen LogP contribution in [0.5, 0.6) is 5.75 Å². The summed E-state index contributed by atoms with van der Waals surface area (Å²) < 4.78 is 19.4. The molecule has 27 heavy (non-hydrogen) atoms. The molecule has 2 fully saturated rings. The van der Waals surface area contributed by atoms with Crippen LogP contribution < -0.4 is 15.0 Å². The molecule has 142 valence electrons. The van der Waals surface area contributed by atoms with Gasteiger partial charge in [0.15, 0.2) is 11.6 Å². The third-order valence-corrected chi connectivity index (χ3v) is 5.07. The molecule has 1 N–H and O–H groups in total. The number of nitrogens with zero attached hydrogens (tertiary/aromatic N) is 2. The zero-order valence-electron chi connectivity index (χ0n) is 15.2. The van der Waals surface area contributed by atoms with Gasteiger partial charge in [0.05, 0.1) is 6.61 Å². The summed E-state index contributed by atoms with van der Waals surface area (Å²) in [4.78, 5) is 18.9. The molecule has 4 rings (SSSR count). The summed E-state index contributed by atoms with van der Waals surface area (Å²) in [5, 5.41) is 3.01. The molecular weight excluding hydrogens is 345 g/mol. The van der Waals surface area contributed by atoms with E-state index < -0.39 is 0 Å². The molecule has 2 aliphatic rings. The highest BCUT2D eigenvalue weighted by Gasteiger charge is 2.25. The Bertz CT molecular complexity index is 810. The van der Waals surface area contributed by atoms with E-state index in [0.29, 0.717) is 29.9 Å². The topological polar surface area (TPSA) is 54.5 Å². The van der Waals surface area contributed by atoms with E-state index in [0.717, 1.165) is 44.6 Å². The predicted molar refractivity (Wildman–Crippen MR) is 102 cm³/mol. The summed E-state index contributed by atoms with van der Waals surface area (Å²) in [6.07, 6.45) is 5.88. The van der Waals surface area contributed by atoms with Crippen LogP contribution in [0.3, 0.4) is 0 Å². The number of amides is 1. The van der Waals surface area contributed by atoms with Crippen molar-refractivity contribution in [2.75, 3.05) is 24.6 Å². The Morgan fingerprint density at radius 2 is 2.11 bits per heavy atom. The molecule has 0 unspecified atom stereocenters. The van der Waals surface area contributed by atoms with E-state index in [-0.39, 0.29) is 11.7 Å². The van der Waals surface area contributed by atoms with Gasteiger partial charge in [0.2, 0.25) is 0 Å². The van der Waals surface area contributed by atoms with Crippen molar-refractivity contribution in [1.82, 2.24) is 10.3 Å². The van der Waals surface area contributed by atoms with E-state index in [1.54, 1.807) is 30.5 Å². The summed E-state index contributed by atoms with van der Waals surface area (Å²) >= 11 is 0. The fourth-order valence-electron chi connectivity index (χ4n) is 3.41. The van der Waals surface area contributed by atoms with Gasteiger partial charge in [-0.25, -0.2) is 9.37 Å². The third kappa shape index (κ3) is 4.56. The second kappa shape index (κ2) is 7.94. The average Bonchev–Trinajstić information content (AvgIpc) is 3.52. The highest BCUT2D eigenvalue weighted by molar-refractivity contribution is 5.95. The van der Waals surface area contributed by atoms with Gasteiger partial charge in [-0.2, -0.15) is 0 Å². The molecule has 2 aromatic rings. The molecule has 0 radical (unpaired) electrons. The Kier molecular flexibility index (Phi) is 5.23. The second-order valence-electron chi connectivity index (χ2n) is 7.35. The number of piperidine rings is 1. The van der Waals surface area contributed by atoms with Crippen LogP contribution in [0, 0.1) is 11.7 Å². The molecule has 1 saturated carbocycles. The first-order valence-electron chi connectivity index (χ1n) is 9.58. The van der Waals surface area contributed by atoms with Crippen molar-refractivity contribution in [2.24, 2.45) is 5.92 Å². The van der Waals surface area contributed by atoms with Crippen LogP contribution in [0.4, 0.5) is 10.2 Å². The van der Waals surface area contributed by atoms with E-state index in [4.69, 9.17) is 4.74 Å². The molecule has 1 amide bonds. The first-order valence-corrected chi connectivity index (χ1v) is 9.58. The van der Waals surface area contributed by atoms with E-state index in [1.165, 1.54) is 6.07 Å². The second-order valence-corrected chi connectivity index (χ2v) is 7.35. The average molecular weight is 369 g/mol. The number of rotatable bonds is 6. The van der Waals surface area contributed by atoms with Crippen molar-refractivity contribution < 1.29 is 13.9 Å². The molecule has 1 aliphatic carbocycles. The minimum Gasteiger partial charge on any atom is -0.490 e. The zero-order valence-corrected chi connectivity index (χ0v) is 15.2. The minimum atomic E-state index is -0.332. The van der Waals surface area contributed by atoms with Crippen molar-refractivity contribution in [3.8, 4) is 5.75 Å². The third-order valence-electron chi connectivity index (χ3n) is 5.07. The van der Waals surface area contributed by atoms with Gasteiger partial charge in [-0.1, -0.05) is 12.1 Å². The van der Waals surface area contributed by atoms with Gasteiger partial charge in [0, 0.05) is 36.8 Å². The number of benzene rings is 1. The molecule has 0 bridgehead atoms. The Morgan fingerprint density at radius 3 is 2.93 bits per heavy atom. The first kappa shape index (κ1) is 17.8. The number of anilines is 1. The lowest BCUT2D eigenvalue weighted by Crippen LogP contribution is -2.38. The van der Waals surface area contributed by atoms with Crippen LogP contribution >= 0.6 is 0 Å². The molecule has 5 nitrogen and oxygen atoms in total. The van der Waals surface area contributed by atoms with Gasteiger partial charge < -0.3 is 15.0 Å². The number of nitrogens with one attached hydrogen (secondary N) is 1. The Morgan fingerprint density at radius 1 is 1.26 bits per heavy atom. The Hall–Kier alpha value is -2.63. The fourth-order valence-corrected chi connectivity index (χ4v) is 3.41. The van der Waals surface area contributed by atoms with Crippen molar-refractivity contribution in [3.05, 3.63) is 54.0 Å². The molecular formula is C21H24FN3O2. The van der Waals surface area contributed by atoms with Gasteiger partial charge >= 0.3 is 0 Å². The number of para-hydroxylation sites is 1. The molecule has 2 heterocycles. The van der Waals surface area contributed by atoms with E-state index in [1.807, 2.05) is 6.07 Å². The monoisotopic (exact) mass is 369 g/mol. The predicted octanol–water partition coefficient (Wildman–Crippen LogP) is 3.41. The standard InChI is InChI=1S/C21H24FN3O2/c22-18-5-1-2-6-19(18)27-14-15-4-3-11-25(13-15)20-12-16(9-10-23-20)21(26)24-17-7-8-17/h1-2,5-6,9-10,12,15,17H,3-4,7-8,11,13-14H2,(H,24,26)/t15-/m1/s1. The molecule has 6 heteroatoms. The van der Waals surface area contributed by atoms with E-state index >= 15 is 0 Å². The summed E-state index contributed by atoms with van der Waals surface area (Å²) in [5.41, 5.74) is 0.650. The summed E-state index contributed by atoms with van der Waals surface area (Å²) in [6, 6.07) is 10.4. The van der Waals surface area contributed by atoms with E-state index in [9.17, 15) is 9.18 Å². The van der Waals surface area contributed by atoms with Crippen molar-refractivity contribution >= 4 is 11.7 Å². The van der Waals surface area contributed by atoms with Gasteiger partial charge in [-0.3, -0.25) is 4.79 Å². The van der Waals surface area contributed by atoms with Crippen LogP contribution in [-0.2, 0) is 0 Å². The number of ether oxygens (including phenoxy) is 1. The van der Waals surface area contributed by atoms with Crippen molar-refractivity contribution in [1.29, 1.82) is 0 Å². The van der Waals surface area contributed by atoms with Gasteiger partial charge in [-0.15, -0.1) is 0 Å². The maximum Gasteiger partial charge on any atom is 0.251 e. The lowest BCUT2D eigenvalue weighted by atomic mass is 9.99. The molecule has 1 aromatic carbocycles.